The van der Waals surface area contributed by atoms with Crippen LogP contribution in [0.2, 0.25) is 0 Å². The van der Waals surface area contributed by atoms with E-state index < -0.39 is 0 Å². The Labute approximate surface area is 96.8 Å². The molecule has 0 spiro atoms. The molecule has 0 saturated carbocycles. The Morgan fingerprint density at radius 1 is 1.25 bits per heavy atom. The number of ether oxygens (including phenoxy) is 1. The number of hydrogen-bond donors (Lipinski definition) is 1. The zero-order chi connectivity index (χ0) is 11.8. The molecule has 0 fully saturated rings. The summed E-state index contributed by atoms with van der Waals surface area (Å²) in [6.07, 6.45) is 3.46. The molecule has 1 N–H and O–H groups in total. The van der Waals surface area contributed by atoms with E-state index in [1.165, 1.54) is 12.8 Å². The monoisotopic (exact) mass is 221 g/mol. The van der Waals surface area contributed by atoms with Crippen LogP contribution in [0.3, 0.4) is 0 Å². The van der Waals surface area contributed by atoms with Gasteiger partial charge >= 0.3 is 0 Å². The molecule has 3 heteroatoms. The molecule has 0 unspecified atom stereocenters. The maximum absolute atomic E-state index is 11.3. The molecular formula is C13H19NO2. The lowest BCUT2D eigenvalue weighted by atomic mass is 10.2. The van der Waals surface area contributed by atoms with Crippen molar-refractivity contribution in [1.82, 2.24) is 5.32 Å². The number of carbonyl (C=O) groups excluding carboxylic acids is 1. The summed E-state index contributed by atoms with van der Waals surface area (Å²) in [6, 6.07) is 7.20. The van der Waals surface area contributed by atoms with Crippen molar-refractivity contribution in [2.24, 2.45) is 0 Å². The largest absolute Gasteiger partial charge is 0.494 e. The van der Waals surface area contributed by atoms with Gasteiger partial charge in [-0.1, -0.05) is 19.8 Å². The molecule has 88 valence electrons. The van der Waals surface area contributed by atoms with Crippen LogP contribution >= 0.6 is 0 Å². The van der Waals surface area contributed by atoms with Gasteiger partial charge in [0.1, 0.15) is 5.75 Å². The van der Waals surface area contributed by atoms with Gasteiger partial charge in [-0.05, 0) is 30.7 Å². The van der Waals surface area contributed by atoms with E-state index >= 15 is 0 Å². The van der Waals surface area contributed by atoms with Gasteiger partial charge < -0.3 is 10.1 Å². The Bertz CT molecular complexity index is 319. The van der Waals surface area contributed by atoms with Crippen molar-refractivity contribution in [1.29, 1.82) is 0 Å². The fourth-order valence-electron chi connectivity index (χ4n) is 1.39. The fourth-order valence-corrected chi connectivity index (χ4v) is 1.39. The smallest absolute Gasteiger partial charge is 0.251 e. The molecule has 0 atom stereocenters. The number of rotatable bonds is 6. The second kappa shape index (κ2) is 6.88. The molecule has 0 aliphatic carbocycles. The van der Waals surface area contributed by atoms with E-state index in [9.17, 15) is 4.79 Å². The lowest BCUT2D eigenvalue weighted by molar-refractivity contribution is 0.0963. The van der Waals surface area contributed by atoms with E-state index in [0.717, 1.165) is 18.8 Å². The first-order valence-electron chi connectivity index (χ1n) is 5.73. The van der Waals surface area contributed by atoms with Crippen molar-refractivity contribution in [3.63, 3.8) is 0 Å². The van der Waals surface area contributed by atoms with E-state index in [0.29, 0.717) is 5.56 Å². The molecule has 1 aromatic carbocycles. The molecule has 0 aliphatic heterocycles. The molecule has 1 aromatic rings. The lowest BCUT2D eigenvalue weighted by Gasteiger charge is -2.06. The van der Waals surface area contributed by atoms with Gasteiger partial charge in [0, 0.05) is 12.6 Å². The topological polar surface area (TPSA) is 38.3 Å². The van der Waals surface area contributed by atoms with Gasteiger partial charge in [-0.15, -0.1) is 0 Å². The molecule has 3 nitrogen and oxygen atoms in total. The van der Waals surface area contributed by atoms with E-state index in [2.05, 4.69) is 12.2 Å². The van der Waals surface area contributed by atoms with Crippen molar-refractivity contribution >= 4 is 5.91 Å². The van der Waals surface area contributed by atoms with Crippen LogP contribution < -0.4 is 10.1 Å². The van der Waals surface area contributed by atoms with Crippen LogP contribution in [0.4, 0.5) is 0 Å². The number of hydrogen-bond acceptors (Lipinski definition) is 2. The van der Waals surface area contributed by atoms with Crippen LogP contribution in [0.1, 0.15) is 36.5 Å². The Hall–Kier alpha value is -1.51. The molecule has 0 saturated heterocycles. The summed E-state index contributed by atoms with van der Waals surface area (Å²) >= 11 is 0. The summed E-state index contributed by atoms with van der Waals surface area (Å²) in [6.45, 7) is 2.91. The van der Waals surface area contributed by atoms with Gasteiger partial charge in [-0.2, -0.15) is 0 Å². The minimum atomic E-state index is -0.0717. The first kappa shape index (κ1) is 12.6. The predicted octanol–water partition coefficient (Wildman–Crippen LogP) is 2.62. The fraction of sp³-hybridized carbons (Fsp3) is 0.462. The summed E-state index contributed by atoms with van der Waals surface area (Å²) in [5.41, 5.74) is 0.656. The lowest BCUT2D eigenvalue weighted by Crippen LogP contribution is -2.17. The average Bonchev–Trinajstić information content (AvgIpc) is 2.34. The molecule has 0 aromatic heterocycles. The summed E-state index contributed by atoms with van der Waals surface area (Å²) in [4.78, 5) is 11.3. The summed E-state index contributed by atoms with van der Waals surface area (Å²) in [5.74, 6) is 0.751. The third-order valence-corrected chi connectivity index (χ3v) is 2.36. The third kappa shape index (κ3) is 3.93. The predicted molar refractivity (Wildman–Crippen MR) is 64.9 cm³/mol. The van der Waals surface area contributed by atoms with Crippen LogP contribution in [0.5, 0.6) is 5.75 Å². The molecular weight excluding hydrogens is 202 g/mol. The Morgan fingerprint density at radius 3 is 2.50 bits per heavy atom. The van der Waals surface area contributed by atoms with Gasteiger partial charge in [0.25, 0.3) is 5.91 Å². The van der Waals surface area contributed by atoms with E-state index in [1.807, 2.05) is 12.1 Å². The summed E-state index contributed by atoms with van der Waals surface area (Å²) < 4.78 is 5.54. The second-order valence-electron chi connectivity index (χ2n) is 3.66. The van der Waals surface area contributed by atoms with Crippen LogP contribution in [-0.2, 0) is 0 Å². The number of nitrogens with one attached hydrogen (secondary N) is 1. The number of unbranched alkanes of at least 4 members (excludes halogenated alkanes) is 2. The minimum Gasteiger partial charge on any atom is -0.494 e. The van der Waals surface area contributed by atoms with Crippen molar-refractivity contribution in [2.45, 2.75) is 26.2 Å². The highest BCUT2D eigenvalue weighted by atomic mass is 16.5. The molecule has 0 aliphatic rings. The van der Waals surface area contributed by atoms with Crippen molar-refractivity contribution in [2.75, 3.05) is 13.7 Å². The highest BCUT2D eigenvalue weighted by Crippen LogP contribution is 2.12. The SMILES string of the molecule is CCCCCOc1ccc(C(=O)NC)cc1. The quantitative estimate of drug-likeness (QED) is 0.750. The Balaban J connectivity index is 2.42. The van der Waals surface area contributed by atoms with Crippen molar-refractivity contribution in [3.05, 3.63) is 29.8 Å². The zero-order valence-electron chi connectivity index (χ0n) is 9.95. The molecule has 16 heavy (non-hydrogen) atoms. The Kier molecular flexibility index (Phi) is 5.40. The van der Waals surface area contributed by atoms with E-state index in [1.54, 1.807) is 19.2 Å². The molecule has 0 bridgehead atoms. The highest BCUT2D eigenvalue weighted by molar-refractivity contribution is 5.94. The standard InChI is InChI=1S/C13H19NO2/c1-3-4-5-10-16-12-8-6-11(7-9-12)13(15)14-2/h6-9H,3-5,10H2,1-2H3,(H,14,15). The maximum Gasteiger partial charge on any atom is 0.251 e. The van der Waals surface area contributed by atoms with Crippen LogP contribution in [-0.4, -0.2) is 19.6 Å². The summed E-state index contributed by atoms with van der Waals surface area (Å²) in [5, 5.41) is 2.58. The van der Waals surface area contributed by atoms with Gasteiger partial charge in [-0.25, -0.2) is 0 Å². The zero-order valence-corrected chi connectivity index (χ0v) is 9.95. The van der Waals surface area contributed by atoms with Gasteiger partial charge in [0.05, 0.1) is 6.61 Å². The van der Waals surface area contributed by atoms with E-state index in [4.69, 9.17) is 4.74 Å². The first-order chi connectivity index (χ1) is 7.77. The average molecular weight is 221 g/mol. The normalized spacial score (nSPS) is 9.88. The van der Waals surface area contributed by atoms with Gasteiger partial charge in [0.2, 0.25) is 0 Å². The highest BCUT2D eigenvalue weighted by Gasteiger charge is 2.02. The van der Waals surface area contributed by atoms with Crippen molar-refractivity contribution in [3.8, 4) is 5.75 Å². The Morgan fingerprint density at radius 2 is 1.94 bits per heavy atom. The first-order valence-corrected chi connectivity index (χ1v) is 5.73. The third-order valence-electron chi connectivity index (χ3n) is 2.36. The van der Waals surface area contributed by atoms with Crippen LogP contribution in [0.15, 0.2) is 24.3 Å². The number of amides is 1. The molecule has 1 amide bonds. The minimum absolute atomic E-state index is 0.0717. The molecule has 0 radical (unpaired) electrons. The maximum atomic E-state index is 11.3. The van der Waals surface area contributed by atoms with Crippen LogP contribution in [0.25, 0.3) is 0 Å². The van der Waals surface area contributed by atoms with Crippen molar-refractivity contribution < 1.29 is 9.53 Å². The van der Waals surface area contributed by atoms with Crippen LogP contribution in [0, 0.1) is 0 Å². The number of carbonyl (C=O) groups is 1. The second-order valence-corrected chi connectivity index (χ2v) is 3.66. The number of benzene rings is 1. The summed E-state index contributed by atoms with van der Waals surface area (Å²) in [7, 11) is 1.62. The molecule has 1 rings (SSSR count). The van der Waals surface area contributed by atoms with Gasteiger partial charge in [-0.3, -0.25) is 4.79 Å². The van der Waals surface area contributed by atoms with E-state index in [-0.39, 0.29) is 5.91 Å². The van der Waals surface area contributed by atoms with Gasteiger partial charge in [0.15, 0.2) is 0 Å². The molecule has 0 heterocycles.